The van der Waals surface area contributed by atoms with Crippen LogP contribution in [-0.2, 0) is 19.2 Å². The Morgan fingerprint density at radius 2 is 1.31 bits per heavy atom. The summed E-state index contributed by atoms with van der Waals surface area (Å²) in [4.78, 5) is 40.7. The molecular weight excluding hydrogens is 184 g/mol. The van der Waals surface area contributed by atoms with Crippen molar-refractivity contribution in [3.05, 3.63) is 0 Å². The lowest BCUT2D eigenvalue weighted by Gasteiger charge is -2.02. The fraction of sp³-hybridized carbons (Fsp3) is 0.333. The van der Waals surface area contributed by atoms with Gasteiger partial charge in [0.1, 0.15) is 0 Å². The minimum Gasteiger partial charge on any atom is -0.481 e. The Morgan fingerprint density at radius 3 is 1.54 bits per heavy atom. The van der Waals surface area contributed by atoms with Gasteiger partial charge in [-0.05, 0) is 0 Å². The van der Waals surface area contributed by atoms with E-state index >= 15 is 0 Å². The average Bonchev–Trinajstić information content (AvgIpc) is 1.97. The Hall–Kier alpha value is -1.92. The SMILES string of the molecule is O=C(O)C(=O)CC(C(=O)O)C(=O)O. The predicted molar refractivity (Wildman–Crippen MR) is 36.0 cm³/mol. The molecule has 0 fully saturated rings. The molecule has 0 atom stereocenters. The van der Waals surface area contributed by atoms with E-state index in [1.54, 1.807) is 0 Å². The van der Waals surface area contributed by atoms with Crippen LogP contribution < -0.4 is 0 Å². The van der Waals surface area contributed by atoms with E-state index in [1.807, 2.05) is 0 Å². The van der Waals surface area contributed by atoms with Crippen molar-refractivity contribution in [2.75, 3.05) is 0 Å². The molecule has 0 radical (unpaired) electrons. The fourth-order valence-electron chi connectivity index (χ4n) is 0.553. The number of hydrogen-bond acceptors (Lipinski definition) is 4. The van der Waals surface area contributed by atoms with Gasteiger partial charge in [-0.25, -0.2) is 4.79 Å². The summed E-state index contributed by atoms with van der Waals surface area (Å²) in [7, 11) is 0. The van der Waals surface area contributed by atoms with Gasteiger partial charge < -0.3 is 15.3 Å². The summed E-state index contributed by atoms with van der Waals surface area (Å²) in [5.74, 6) is -8.74. The Bertz CT molecular complexity index is 252. The third-order valence-corrected chi connectivity index (χ3v) is 1.22. The number of carboxylic acid groups (broad SMARTS) is 3. The van der Waals surface area contributed by atoms with Crippen LogP contribution >= 0.6 is 0 Å². The molecule has 0 rings (SSSR count). The number of aliphatic carboxylic acids is 3. The molecule has 0 unspecified atom stereocenters. The molecule has 0 amide bonds. The molecule has 0 aliphatic carbocycles. The van der Waals surface area contributed by atoms with Crippen LogP contribution in [0.3, 0.4) is 0 Å². The van der Waals surface area contributed by atoms with Crippen molar-refractivity contribution in [1.29, 1.82) is 0 Å². The Kier molecular flexibility index (Phi) is 3.57. The highest BCUT2D eigenvalue weighted by Gasteiger charge is 2.30. The number of Topliss-reactive ketones (excluding diaryl/α,β-unsaturated/α-hetero) is 1. The zero-order valence-corrected chi connectivity index (χ0v) is 6.26. The van der Waals surface area contributed by atoms with Crippen molar-refractivity contribution in [3.8, 4) is 0 Å². The van der Waals surface area contributed by atoms with E-state index in [9.17, 15) is 19.2 Å². The summed E-state index contributed by atoms with van der Waals surface area (Å²) in [6.07, 6.45) is -1.04. The van der Waals surface area contributed by atoms with Gasteiger partial charge in [-0.15, -0.1) is 0 Å². The van der Waals surface area contributed by atoms with E-state index in [1.165, 1.54) is 0 Å². The normalized spacial score (nSPS) is 9.62. The lowest BCUT2D eigenvalue weighted by Crippen LogP contribution is -2.28. The zero-order valence-electron chi connectivity index (χ0n) is 6.26. The zero-order chi connectivity index (χ0) is 10.6. The monoisotopic (exact) mass is 190 g/mol. The van der Waals surface area contributed by atoms with Crippen molar-refractivity contribution >= 4 is 23.7 Å². The molecule has 0 aromatic heterocycles. The van der Waals surface area contributed by atoms with Crippen LogP contribution in [0.4, 0.5) is 0 Å². The van der Waals surface area contributed by atoms with Crippen molar-refractivity contribution in [1.82, 2.24) is 0 Å². The number of carboxylic acids is 3. The van der Waals surface area contributed by atoms with Crippen molar-refractivity contribution in [3.63, 3.8) is 0 Å². The molecule has 0 aliphatic heterocycles. The van der Waals surface area contributed by atoms with E-state index in [-0.39, 0.29) is 0 Å². The van der Waals surface area contributed by atoms with E-state index in [2.05, 4.69) is 0 Å². The highest BCUT2D eigenvalue weighted by atomic mass is 16.4. The Labute approximate surface area is 71.6 Å². The van der Waals surface area contributed by atoms with Crippen molar-refractivity contribution in [2.24, 2.45) is 5.92 Å². The van der Waals surface area contributed by atoms with Gasteiger partial charge >= 0.3 is 17.9 Å². The first-order valence-corrected chi connectivity index (χ1v) is 3.08. The maximum atomic E-state index is 10.4. The van der Waals surface area contributed by atoms with Gasteiger partial charge in [0.15, 0.2) is 5.92 Å². The highest BCUT2D eigenvalue weighted by Crippen LogP contribution is 2.04. The second-order valence-electron chi connectivity index (χ2n) is 2.16. The molecule has 0 aliphatic rings. The minimum absolute atomic E-state index is 1.04. The van der Waals surface area contributed by atoms with E-state index < -0.39 is 36.0 Å². The topological polar surface area (TPSA) is 129 Å². The molecule has 0 spiro atoms. The molecule has 7 nitrogen and oxygen atoms in total. The summed E-state index contributed by atoms with van der Waals surface area (Å²) in [6, 6.07) is 0. The Morgan fingerprint density at radius 1 is 0.923 bits per heavy atom. The van der Waals surface area contributed by atoms with Crippen LogP contribution in [0.1, 0.15) is 6.42 Å². The number of carbonyl (C=O) groups excluding carboxylic acids is 1. The van der Waals surface area contributed by atoms with Crippen LogP contribution in [-0.4, -0.2) is 39.0 Å². The first-order valence-electron chi connectivity index (χ1n) is 3.08. The summed E-state index contributed by atoms with van der Waals surface area (Å²) < 4.78 is 0. The molecule has 7 heteroatoms. The first kappa shape index (κ1) is 11.1. The molecule has 0 heterocycles. The molecule has 0 aromatic rings. The van der Waals surface area contributed by atoms with Gasteiger partial charge in [-0.2, -0.15) is 0 Å². The smallest absolute Gasteiger partial charge is 0.372 e. The maximum Gasteiger partial charge on any atom is 0.372 e. The standard InChI is InChI=1S/C6H6O7/c7-3(6(12)13)1-2(4(8)9)5(10)11/h2H,1H2,(H,8,9)(H,10,11)(H,12,13). The van der Waals surface area contributed by atoms with Crippen molar-refractivity contribution < 1.29 is 34.5 Å². The van der Waals surface area contributed by atoms with Gasteiger partial charge in [0.2, 0.25) is 5.78 Å². The lowest BCUT2D eigenvalue weighted by atomic mass is 10.0. The lowest BCUT2D eigenvalue weighted by molar-refractivity contribution is -0.158. The summed E-state index contributed by atoms with van der Waals surface area (Å²) in [6.45, 7) is 0. The number of carbonyl (C=O) groups is 4. The first-order chi connectivity index (χ1) is 5.86. The van der Waals surface area contributed by atoms with Gasteiger partial charge in [0, 0.05) is 6.42 Å². The van der Waals surface area contributed by atoms with E-state index in [4.69, 9.17) is 15.3 Å². The van der Waals surface area contributed by atoms with Crippen LogP contribution in [0, 0.1) is 5.92 Å². The van der Waals surface area contributed by atoms with Crippen LogP contribution in [0.25, 0.3) is 0 Å². The van der Waals surface area contributed by atoms with Gasteiger partial charge in [0.05, 0.1) is 0 Å². The van der Waals surface area contributed by atoms with Crippen molar-refractivity contribution in [2.45, 2.75) is 6.42 Å². The Balaban J connectivity index is 4.45. The molecule has 0 aromatic carbocycles. The second kappa shape index (κ2) is 4.19. The molecule has 0 saturated heterocycles. The fourth-order valence-corrected chi connectivity index (χ4v) is 0.553. The third kappa shape index (κ3) is 3.32. The van der Waals surface area contributed by atoms with E-state index in [0.717, 1.165) is 0 Å². The molecule has 0 bridgehead atoms. The number of rotatable bonds is 5. The maximum absolute atomic E-state index is 10.4. The molecule has 3 N–H and O–H groups in total. The highest BCUT2D eigenvalue weighted by molar-refractivity contribution is 6.33. The molecular formula is C6H6O7. The number of ketones is 1. The summed E-state index contributed by atoms with van der Waals surface area (Å²) in [5.41, 5.74) is 0. The second-order valence-corrected chi connectivity index (χ2v) is 2.16. The average molecular weight is 190 g/mol. The van der Waals surface area contributed by atoms with Gasteiger partial charge in [-0.1, -0.05) is 0 Å². The third-order valence-electron chi connectivity index (χ3n) is 1.22. The van der Waals surface area contributed by atoms with E-state index in [0.29, 0.717) is 0 Å². The van der Waals surface area contributed by atoms with Crippen LogP contribution in [0.5, 0.6) is 0 Å². The largest absolute Gasteiger partial charge is 0.481 e. The minimum atomic E-state index is -2.00. The predicted octanol–water partition coefficient (Wildman–Crippen LogP) is -1.18. The van der Waals surface area contributed by atoms with Crippen LogP contribution in [0.15, 0.2) is 0 Å². The molecule has 0 saturated carbocycles. The molecule has 13 heavy (non-hydrogen) atoms. The van der Waals surface area contributed by atoms with Crippen LogP contribution in [0.2, 0.25) is 0 Å². The quantitative estimate of drug-likeness (QED) is 0.367. The summed E-state index contributed by atoms with van der Waals surface area (Å²) >= 11 is 0. The number of hydrogen-bond donors (Lipinski definition) is 3. The van der Waals surface area contributed by atoms with Gasteiger partial charge in [0.25, 0.3) is 0 Å². The summed E-state index contributed by atoms with van der Waals surface area (Å²) in [5, 5.41) is 24.6. The molecule has 72 valence electrons. The van der Waals surface area contributed by atoms with Gasteiger partial charge in [-0.3, -0.25) is 14.4 Å².